The molecule has 3 heterocycles. The summed E-state index contributed by atoms with van der Waals surface area (Å²) in [6.45, 7) is 11.2. The third kappa shape index (κ3) is 5.21. The molecule has 36 heavy (non-hydrogen) atoms. The van der Waals surface area contributed by atoms with Crippen LogP contribution in [-0.2, 0) is 13.1 Å². The first-order valence-electron chi connectivity index (χ1n) is 13.6. The van der Waals surface area contributed by atoms with Crippen molar-refractivity contribution in [2.75, 3.05) is 0 Å². The van der Waals surface area contributed by atoms with Crippen LogP contribution in [0.4, 0.5) is 0 Å². The molecule has 0 saturated heterocycles. The average molecular weight is 523 g/mol. The molecule has 1 atom stereocenters. The molecule has 0 aliphatic heterocycles. The lowest BCUT2D eigenvalue weighted by atomic mass is 10.2. The second-order valence-corrected chi connectivity index (χ2v) is 16.3. The van der Waals surface area contributed by atoms with E-state index in [9.17, 15) is 4.79 Å². The van der Waals surface area contributed by atoms with Gasteiger partial charge < -0.3 is 4.57 Å². The Bertz CT molecular complexity index is 1420. The quantitative estimate of drug-likeness (QED) is 0.161. The Hall–Kier alpha value is -2.31. The summed E-state index contributed by atoms with van der Waals surface area (Å²) < 4.78 is 6.29. The highest BCUT2D eigenvalue weighted by molar-refractivity contribution is 6.60. The van der Waals surface area contributed by atoms with E-state index < -0.39 is 8.80 Å². The van der Waals surface area contributed by atoms with Crippen molar-refractivity contribution in [3.05, 3.63) is 63.9 Å². The van der Waals surface area contributed by atoms with Crippen molar-refractivity contribution in [2.24, 2.45) is 0 Å². The summed E-state index contributed by atoms with van der Waals surface area (Å²) >= 11 is 6.34. The molecule has 0 bridgehead atoms. The minimum Gasteiger partial charge on any atom is -0.343 e. The Balaban J connectivity index is 1.36. The number of pyridine rings is 1. The van der Waals surface area contributed by atoms with Crippen LogP contribution in [0.25, 0.3) is 21.9 Å². The van der Waals surface area contributed by atoms with Gasteiger partial charge in [-0.3, -0.25) is 14.1 Å². The second-order valence-electron chi connectivity index (χ2n) is 11.8. The molecule has 0 radical (unpaired) electrons. The highest BCUT2D eigenvalue weighted by atomic mass is 35.5. The van der Waals surface area contributed by atoms with Crippen molar-refractivity contribution >= 4 is 42.3 Å². The van der Waals surface area contributed by atoms with Crippen molar-refractivity contribution < 1.29 is 0 Å². The highest BCUT2D eigenvalue weighted by Crippen LogP contribution is 2.36. The maximum atomic E-state index is 13.5. The number of halogens is 1. The SMILES string of the molecule is C[SiH](CCCCCCn1c(Cn2c(=O)n(C3CC3)c3ccncc32)cc2cc(Cl)ccc21)C(C)(C)C. The molecule has 1 saturated carbocycles. The molecular formula is C29H39ClN4OSi. The molecule has 1 aliphatic carbocycles. The van der Waals surface area contributed by atoms with Crippen LogP contribution in [0, 0.1) is 0 Å². The molecule has 192 valence electrons. The van der Waals surface area contributed by atoms with E-state index in [1.807, 2.05) is 33.5 Å². The van der Waals surface area contributed by atoms with E-state index in [1.54, 1.807) is 6.20 Å². The van der Waals surface area contributed by atoms with E-state index in [2.05, 4.69) is 49.0 Å². The van der Waals surface area contributed by atoms with E-state index in [0.717, 1.165) is 52.9 Å². The number of hydrogen-bond donors (Lipinski definition) is 0. The lowest BCUT2D eigenvalue weighted by molar-refractivity contribution is 0.566. The zero-order chi connectivity index (χ0) is 25.4. The fraction of sp³-hybridized carbons (Fsp3) is 0.517. The molecule has 1 unspecified atom stereocenters. The number of unbranched alkanes of at least 4 members (excludes halogenated alkanes) is 3. The molecule has 1 fully saturated rings. The van der Waals surface area contributed by atoms with Crippen molar-refractivity contribution in [3.8, 4) is 0 Å². The zero-order valence-electron chi connectivity index (χ0n) is 22.1. The monoisotopic (exact) mass is 522 g/mol. The van der Waals surface area contributed by atoms with Gasteiger partial charge in [-0.05, 0) is 54.6 Å². The van der Waals surface area contributed by atoms with Gasteiger partial charge >= 0.3 is 5.69 Å². The second kappa shape index (κ2) is 10.2. The summed E-state index contributed by atoms with van der Waals surface area (Å²) in [7, 11) is -0.662. The first-order chi connectivity index (χ1) is 17.2. The largest absolute Gasteiger partial charge is 0.343 e. The summed E-state index contributed by atoms with van der Waals surface area (Å²) in [5.41, 5.74) is 4.34. The minimum absolute atomic E-state index is 0.0764. The van der Waals surface area contributed by atoms with E-state index >= 15 is 0 Å². The maximum Gasteiger partial charge on any atom is 0.329 e. The van der Waals surface area contributed by atoms with Crippen molar-refractivity contribution in [1.29, 1.82) is 0 Å². The number of hydrogen-bond acceptors (Lipinski definition) is 2. The molecule has 1 aliphatic rings. The van der Waals surface area contributed by atoms with Gasteiger partial charge in [0.1, 0.15) is 0 Å². The number of aryl methyl sites for hydroxylation is 1. The molecule has 5 nitrogen and oxygen atoms in total. The number of rotatable bonds is 10. The van der Waals surface area contributed by atoms with Gasteiger partial charge in [-0.2, -0.15) is 0 Å². The summed E-state index contributed by atoms with van der Waals surface area (Å²) in [6.07, 6.45) is 10.8. The molecule has 4 aromatic rings. The lowest BCUT2D eigenvalue weighted by Crippen LogP contribution is -2.25. The predicted molar refractivity (Wildman–Crippen MR) is 154 cm³/mol. The number of aromatic nitrogens is 4. The lowest BCUT2D eigenvalue weighted by Gasteiger charge is -2.25. The van der Waals surface area contributed by atoms with Gasteiger partial charge in [0.05, 0.1) is 23.8 Å². The van der Waals surface area contributed by atoms with Crippen LogP contribution in [0.15, 0.2) is 47.5 Å². The van der Waals surface area contributed by atoms with Crippen LogP contribution in [0.3, 0.4) is 0 Å². The number of fused-ring (bicyclic) bond motifs is 2. The van der Waals surface area contributed by atoms with Crippen molar-refractivity contribution in [1.82, 2.24) is 18.7 Å². The summed E-state index contributed by atoms with van der Waals surface area (Å²) in [6, 6.07) is 12.1. The van der Waals surface area contributed by atoms with Gasteiger partial charge in [0, 0.05) is 49.2 Å². The molecular weight excluding hydrogens is 484 g/mol. The first kappa shape index (κ1) is 25.3. The normalized spacial score (nSPS) is 15.2. The van der Waals surface area contributed by atoms with E-state index in [4.69, 9.17) is 11.6 Å². The van der Waals surface area contributed by atoms with Gasteiger partial charge in [-0.1, -0.05) is 64.2 Å². The first-order valence-corrected chi connectivity index (χ1v) is 16.5. The van der Waals surface area contributed by atoms with Gasteiger partial charge in [0.25, 0.3) is 0 Å². The van der Waals surface area contributed by atoms with Crippen LogP contribution in [0.1, 0.15) is 71.0 Å². The Morgan fingerprint density at radius 2 is 1.78 bits per heavy atom. The third-order valence-corrected chi connectivity index (χ3v) is 12.7. The summed E-state index contributed by atoms with van der Waals surface area (Å²) in [5.74, 6) is 0. The molecule has 5 rings (SSSR count). The number of benzene rings is 1. The summed E-state index contributed by atoms with van der Waals surface area (Å²) in [5, 5.41) is 2.41. The topological polar surface area (TPSA) is 44.8 Å². The number of nitrogens with zero attached hydrogens (tertiary/aromatic N) is 4. The fourth-order valence-corrected chi connectivity index (χ4v) is 7.28. The molecule has 0 spiro atoms. The predicted octanol–water partition coefficient (Wildman–Crippen LogP) is 7.41. The maximum absolute atomic E-state index is 13.5. The highest BCUT2D eigenvalue weighted by Gasteiger charge is 2.29. The average Bonchev–Trinajstić information content (AvgIpc) is 3.55. The molecule has 0 amide bonds. The third-order valence-electron chi connectivity index (χ3n) is 8.19. The van der Waals surface area contributed by atoms with E-state index in [0.29, 0.717) is 17.6 Å². The van der Waals surface area contributed by atoms with Gasteiger partial charge in [0.2, 0.25) is 0 Å². The standard InChI is InChI=1S/C29H39ClN4OSi/c1-29(2,3)36(4)16-8-6-5-7-15-32-24(18-21-17-22(30)9-12-25(21)32)20-33-27-19-31-14-13-26(27)34(28(33)35)23-10-11-23/h9,12-14,17-19,23,36H,5-8,10-11,15-16,20H2,1-4H3. The van der Waals surface area contributed by atoms with Gasteiger partial charge in [0.15, 0.2) is 0 Å². The molecule has 7 heteroatoms. The molecule has 0 N–H and O–H groups in total. The van der Waals surface area contributed by atoms with E-state index in [1.165, 1.54) is 30.8 Å². The van der Waals surface area contributed by atoms with Crippen LogP contribution in [-0.4, -0.2) is 27.5 Å². The fourth-order valence-electron chi connectivity index (χ4n) is 5.33. The van der Waals surface area contributed by atoms with Crippen molar-refractivity contribution in [3.63, 3.8) is 0 Å². The van der Waals surface area contributed by atoms with Crippen LogP contribution in [0.5, 0.6) is 0 Å². The van der Waals surface area contributed by atoms with E-state index in [-0.39, 0.29) is 5.69 Å². The number of imidazole rings is 1. The van der Waals surface area contributed by atoms with Crippen LogP contribution >= 0.6 is 11.6 Å². The Morgan fingerprint density at radius 3 is 2.53 bits per heavy atom. The molecule has 1 aromatic carbocycles. The molecule has 3 aromatic heterocycles. The Kier molecular flexibility index (Phi) is 7.19. The Morgan fingerprint density at radius 1 is 1.00 bits per heavy atom. The zero-order valence-corrected chi connectivity index (χ0v) is 24.0. The van der Waals surface area contributed by atoms with Crippen molar-refractivity contribution in [2.45, 2.75) is 96.1 Å². The van der Waals surface area contributed by atoms with Crippen LogP contribution < -0.4 is 5.69 Å². The minimum atomic E-state index is -0.662. The smallest absolute Gasteiger partial charge is 0.329 e. The Labute approximate surface area is 220 Å². The van der Waals surface area contributed by atoms with Crippen LogP contribution in [0.2, 0.25) is 22.7 Å². The van der Waals surface area contributed by atoms with Gasteiger partial charge in [-0.25, -0.2) is 4.79 Å². The van der Waals surface area contributed by atoms with Gasteiger partial charge in [-0.15, -0.1) is 0 Å². The summed E-state index contributed by atoms with van der Waals surface area (Å²) in [4.78, 5) is 17.8.